The Morgan fingerprint density at radius 1 is 1.29 bits per heavy atom. The molecule has 0 aliphatic carbocycles. The van der Waals surface area contributed by atoms with Crippen LogP contribution >= 0.6 is 0 Å². The van der Waals surface area contributed by atoms with Crippen molar-refractivity contribution in [1.29, 1.82) is 0 Å². The third-order valence-corrected chi connectivity index (χ3v) is 2.99. The van der Waals surface area contributed by atoms with Crippen molar-refractivity contribution in [3.63, 3.8) is 0 Å². The summed E-state index contributed by atoms with van der Waals surface area (Å²) in [6, 6.07) is 0. The van der Waals surface area contributed by atoms with Gasteiger partial charge in [-0.15, -0.1) is 0 Å². The van der Waals surface area contributed by atoms with Crippen LogP contribution in [0.3, 0.4) is 0 Å². The summed E-state index contributed by atoms with van der Waals surface area (Å²) in [6.45, 7) is 8.31. The Bertz CT molecular complexity index is 161. The van der Waals surface area contributed by atoms with Crippen LogP contribution in [0.4, 0.5) is 0 Å². The molecule has 14 heavy (non-hydrogen) atoms. The molecule has 0 saturated heterocycles. The molecule has 0 saturated carbocycles. The highest BCUT2D eigenvalue weighted by Gasteiger charge is 2.33. The number of Topliss-reactive ketones (excluding diaryl/α,β-unsaturated/α-hetero) is 1. The van der Waals surface area contributed by atoms with Gasteiger partial charge in [0.05, 0.1) is 0 Å². The van der Waals surface area contributed by atoms with Crippen LogP contribution in [0.2, 0.25) is 0 Å². The maximum Gasteiger partial charge on any atom is 0.164 e. The summed E-state index contributed by atoms with van der Waals surface area (Å²) in [6.07, 6.45) is 3.16. The number of methoxy groups -OCH3 is 1. The summed E-state index contributed by atoms with van der Waals surface area (Å²) >= 11 is 0. The van der Waals surface area contributed by atoms with Gasteiger partial charge in [0.1, 0.15) is 5.60 Å². The Morgan fingerprint density at radius 2 is 1.79 bits per heavy atom. The van der Waals surface area contributed by atoms with Gasteiger partial charge in [-0.2, -0.15) is 0 Å². The summed E-state index contributed by atoms with van der Waals surface area (Å²) in [5.74, 6) is 0.848. The van der Waals surface area contributed by atoms with E-state index in [-0.39, 0.29) is 5.78 Å². The molecule has 84 valence electrons. The molecular weight excluding hydrogens is 176 g/mol. The maximum atomic E-state index is 11.9. The Labute approximate surface area is 88.0 Å². The Kier molecular flexibility index (Phi) is 6.01. The lowest BCUT2D eigenvalue weighted by molar-refractivity contribution is -0.142. The highest BCUT2D eigenvalue weighted by atomic mass is 16.5. The molecule has 0 radical (unpaired) electrons. The number of rotatable bonds is 7. The SMILES string of the molecule is CCC(CC)(OC)C(=O)CCC(C)C. The number of ketones is 1. The van der Waals surface area contributed by atoms with Crippen LogP contribution in [-0.2, 0) is 9.53 Å². The minimum absolute atomic E-state index is 0.263. The first-order valence-corrected chi connectivity index (χ1v) is 5.60. The van der Waals surface area contributed by atoms with Crippen molar-refractivity contribution >= 4 is 5.78 Å². The molecule has 0 spiro atoms. The Hall–Kier alpha value is -0.370. The van der Waals surface area contributed by atoms with E-state index < -0.39 is 5.60 Å². The molecule has 0 N–H and O–H groups in total. The quantitative estimate of drug-likeness (QED) is 0.631. The van der Waals surface area contributed by atoms with Crippen LogP contribution in [-0.4, -0.2) is 18.5 Å². The van der Waals surface area contributed by atoms with Crippen molar-refractivity contribution in [2.24, 2.45) is 5.92 Å². The first kappa shape index (κ1) is 13.6. The third-order valence-electron chi connectivity index (χ3n) is 2.99. The van der Waals surface area contributed by atoms with Gasteiger partial charge in [0.15, 0.2) is 5.78 Å². The van der Waals surface area contributed by atoms with E-state index in [1.165, 1.54) is 0 Å². The van der Waals surface area contributed by atoms with E-state index in [1.54, 1.807) is 7.11 Å². The number of carbonyl (C=O) groups excluding carboxylic acids is 1. The fraction of sp³-hybridized carbons (Fsp3) is 0.917. The number of carbonyl (C=O) groups is 1. The van der Waals surface area contributed by atoms with Crippen molar-refractivity contribution in [3.05, 3.63) is 0 Å². The van der Waals surface area contributed by atoms with Gasteiger partial charge in [-0.25, -0.2) is 0 Å². The van der Waals surface area contributed by atoms with E-state index in [0.29, 0.717) is 12.3 Å². The van der Waals surface area contributed by atoms with Crippen LogP contribution in [0.15, 0.2) is 0 Å². The van der Waals surface area contributed by atoms with Gasteiger partial charge in [0, 0.05) is 13.5 Å². The minimum atomic E-state index is -0.519. The van der Waals surface area contributed by atoms with Crippen molar-refractivity contribution in [1.82, 2.24) is 0 Å². The van der Waals surface area contributed by atoms with Gasteiger partial charge in [-0.3, -0.25) is 4.79 Å². The summed E-state index contributed by atoms with van der Waals surface area (Å²) in [5, 5.41) is 0. The largest absolute Gasteiger partial charge is 0.370 e. The van der Waals surface area contributed by atoms with Crippen molar-refractivity contribution in [2.45, 2.75) is 59.0 Å². The molecule has 2 nitrogen and oxygen atoms in total. The van der Waals surface area contributed by atoms with Crippen LogP contribution < -0.4 is 0 Å². The minimum Gasteiger partial charge on any atom is -0.370 e. The van der Waals surface area contributed by atoms with E-state index in [1.807, 2.05) is 13.8 Å². The van der Waals surface area contributed by atoms with Crippen LogP contribution in [0.25, 0.3) is 0 Å². The molecular formula is C12H24O2. The molecule has 0 rings (SSSR count). The average Bonchev–Trinajstić information content (AvgIpc) is 2.18. The Balaban J connectivity index is 4.29. The number of hydrogen-bond donors (Lipinski definition) is 0. The first-order chi connectivity index (χ1) is 6.52. The summed E-state index contributed by atoms with van der Waals surface area (Å²) in [4.78, 5) is 11.9. The monoisotopic (exact) mass is 200 g/mol. The van der Waals surface area contributed by atoms with E-state index in [2.05, 4.69) is 13.8 Å². The smallest absolute Gasteiger partial charge is 0.164 e. The van der Waals surface area contributed by atoms with Crippen molar-refractivity contribution in [3.8, 4) is 0 Å². The van der Waals surface area contributed by atoms with E-state index in [0.717, 1.165) is 19.3 Å². The maximum absolute atomic E-state index is 11.9. The number of hydrogen-bond acceptors (Lipinski definition) is 2. The van der Waals surface area contributed by atoms with Crippen molar-refractivity contribution < 1.29 is 9.53 Å². The lowest BCUT2D eigenvalue weighted by Crippen LogP contribution is -2.39. The summed E-state index contributed by atoms with van der Waals surface area (Å²) in [5.41, 5.74) is -0.519. The normalized spacial score (nSPS) is 12.1. The molecule has 0 aromatic carbocycles. The van der Waals surface area contributed by atoms with Gasteiger partial charge >= 0.3 is 0 Å². The second kappa shape index (κ2) is 6.18. The van der Waals surface area contributed by atoms with E-state index >= 15 is 0 Å². The fourth-order valence-electron chi connectivity index (χ4n) is 1.69. The molecule has 2 heteroatoms. The molecule has 0 bridgehead atoms. The zero-order chi connectivity index (χ0) is 11.2. The average molecular weight is 200 g/mol. The fourth-order valence-corrected chi connectivity index (χ4v) is 1.69. The molecule has 0 fully saturated rings. The molecule has 0 aromatic heterocycles. The highest BCUT2D eigenvalue weighted by molar-refractivity contribution is 5.87. The standard InChI is InChI=1S/C12H24O2/c1-6-12(7-2,14-5)11(13)9-8-10(3)4/h10H,6-9H2,1-5H3. The number of ether oxygens (including phenoxy) is 1. The van der Waals surface area contributed by atoms with Gasteiger partial charge in [-0.1, -0.05) is 27.7 Å². The second-order valence-corrected chi connectivity index (χ2v) is 4.26. The van der Waals surface area contributed by atoms with Gasteiger partial charge in [0.25, 0.3) is 0 Å². The summed E-state index contributed by atoms with van der Waals surface area (Å²) in [7, 11) is 1.64. The zero-order valence-electron chi connectivity index (χ0n) is 10.2. The first-order valence-electron chi connectivity index (χ1n) is 5.60. The predicted octanol–water partition coefficient (Wildman–Crippen LogP) is 3.20. The van der Waals surface area contributed by atoms with Gasteiger partial charge in [-0.05, 0) is 25.2 Å². The molecule has 0 aromatic rings. The van der Waals surface area contributed by atoms with Gasteiger partial charge in [0.2, 0.25) is 0 Å². The molecule has 0 aliphatic rings. The van der Waals surface area contributed by atoms with E-state index in [4.69, 9.17) is 4.74 Å². The zero-order valence-corrected chi connectivity index (χ0v) is 10.2. The molecule has 0 atom stereocenters. The lowest BCUT2D eigenvalue weighted by Gasteiger charge is -2.28. The predicted molar refractivity (Wildman–Crippen MR) is 59.4 cm³/mol. The molecule has 0 amide bonds. The molecule has 0 unspecified atom stereocenters. The second-order valence-electron chi connectivity index (χ2n) is 4.26. The van der Waals surface area contributed by atoms with Crippen LogP contribution in [0.1, 0.15) is 53.4 Å². The Morgan fingerprint density at radius 3 is 2.07 bits per heavy atom. The van der Waals surface area contributed by atoms with Crippen LogP contribution in [0, 0.1) is 5.92 Å². The van der Waals surface area contributed by atoms with Crippen molar-refractivity contribution in [2.75, 3.05) is 7.11 Å². The lowest BCUT2D eigenvalue weighted by atomic mass is 9.88. The third kappa shape index (κ3) is 3.41. The molecule has 0 heterocycles. The highest BCUT2D eigenvalue weighted by Crippen LogP contribution is 2.23. The topological polar surface area (TPSA) is 26.3 Å². The van der Waals surface area contributed by atoms with Gasteiger partial charge < -0.3 is 4.74 Å². The van der Waals surface area contributed by atoms with Crippen LogP contribution in [0.5, 0.6) is 0 Å². The van der Waals surface area contributed by atoms with E-state index in [9.17, 15) is 4.79 Å². The summed E-state index contributed by atoms with van der Waals surface area (Å²) < 4.78 is 5.38. The molecule has 0 aliphatic heterocycles.